The SMILES string of the molecule is CN(CC1COc2ccccc21)C1CC2CCC(C1)N2. The monoisotopic (exact) mass is 272 g/mol. The van der Waals surface area contributed by atoms with Gasteiger partial charge in [-0.05, 0) is 38.8 Å². The van der Waals surface area contributed by atoms with Crippen molar-refractivity contribution in [3.05, 3.63) is 29.8 Å². The third-order valence-corrected chi connectivity index (χ3v) is 5.38. The Morgan fingerprint density at radius 2 is 1.95 bits per heavy atom. The van der Waals surface area contributed by atoms with Crippen molar-refractivity contribution in [3.63, 3.8) is 0 Å². The van der Waals surface area contributed by atoms with Crippen LogP contribution in [-0.4, -0.2) is 43.2 Å². The number of likely N-dealkylation sites (N-methyl/N-ethyl adjacent to an activating group) is 1. The highest BCUT2D eigenvalue weighted by Gasteiger charge is 2.36. The molecule has 0 spiro atoms. The van der Waals surface area contributed by atoms with Gasteiger partial charge in [0.1, 0.15) is 5.75 Å². The molecule has 108 valence electrons. The van der Waals surface area contributed by atoms with Gasteiger partial charge in [-0.1, -0.05) is 18.2 Å². The van der Waals surface area contributed by atoms with Crippen molar-refractivity contribution < 1.29 is 4.74 Å². The van der Waals surface area contributed by atoms with Crippen LogP contribution in [0.1, 0.15) is 37.2 Å². The van der Waals surface area contributed by atoms with E-state index in [1.54, 1.807) is 0 Å². The van der Waals surface area contributed by atoms with Crippen LogP contribution in [0.4, 0.5) is 0 Å². The molecule has 0 aliphatic carbocycles. The molecule has 3 unspecified atom stereocenters. The number of benzene rings is 1. The van der Waals surface area contributed by atoms with Gasteiger partial charge in [0.2, 0.25) is 0 Å². The molecule has 1 N–H and O–H groups in total. The van der Waals surface area contributed by atoms with Crippen LogP contribution < -0.4 is 10.1 Å². The Balaban J connectivity index is 1.42. The summed E-state index contributed by atoms with van der Waals surface area (Å²) in [6.45, 7) is 1.97. The molecule has 2 bridgehead atoms. The summed E-state index contributed by atoms with van der Waals surface area (Å²) in [5.41, 5.74) is 1.40. The molecule has 3 heteroatoms. The number of ether oxygens (including phenoxy) is 1. The van der Waals surface area contributed by atoms with Gasteiger partial charge in [-0.15, -0.1) is 0 Å². The Kier molecular flexibility index (Phi) is 3.20. The van der Waals surface area contributed by atoms with E-state index < -0.39 is 0 Å². The van der Waals surface area contributed by atoms with Crippen LogP contribution in [0.3, 0.4) is 0 Å². The molecule has 0 radical (unpaired) electrons. The second kappa shape index (κ2) is 5.05. The molecule has 0 aromatic heterocycles. The minimum atomic E-state index is 0.545. The Bertz CT molecular complexity index is 478. The molecule has 4 rings (SSSR count). The predicted octanol–water partition coefficient (Wildman–Crippen LogP) is 2.38. The summed E-state index contributed by atoms with van der Waals surface area (Å²) in [5, 5.41) is 3.73. The highest BCUT2D eigenvalue weighted by molar-refractivity contribution is 5.39. The largest absolute Gasteiger partial charge is 0.493 e. The first-order chi connectivity index (χ1) is 9.79. The van der Waals surface area contributed by atoms with Gasteiger partial charge in [-0.25, -0.2) is 0 Å². The highest BCUT2D eigenvalue weighted by atomic mass is 16.5. The summed E-state index contributed by atoms with van der Waals surface area (Å²) in [6, 6.07) is 10.8. The summed E-state index contributed by atoms with van der Waals surface area (Å²) in [6.07, 6.45) is 5.40. The molecule has 3 atom stereocenters. The van der Waals surface area contributed by atoms with E-state index in [1.165, 1.54) is 31.2 Å². The number of piperidine rings is 1. The third-order valence-electron chi connectivity index (χ3n) is 5.38. The summed E-state index contributed by atoms with van der Waals surface area (Å²) in [4.78, 5) is 2.59. The topological polar surface area (TPSA) is 24.5 Å². The van der Waals surface area contributed by atoms with Crippen molar-refractivity contribution in [1.29, 1.82) is 0 Å². The van der Waals surface area contributed by atoms with E-state index in [0.29, 0.717) is 5.92 Å². The van der Waals surface area contributed by atoms with Gasteiger partial charge < -0.3 is 15.0 Å². The Morgan fingerprint density at radius 1 is 1.20 bits per heavy atom. The second-order valence-corrected chi connectivity index (χ2v) is 6.75. The lowest BCUT2D eigenvalue weighted by Crippen LogP contribution is -2.47. The number of hydrogen-bond donors (Lipinski definition) is 1. The third kappa shape index (κ3) is 2.23. The van der Waals surface area contributed by atoms with Crippen LogP contribution in [-0.2, 0) is 0 Å². The van der Waals surface area contributed by atoms with Crippen molar-refractivity contribution in [2.24, 2.45) is 0 Å². The molecule has 1 aromatic carbocycles. The Labute approximate surface area is 121 Å². The van der Waals surface area contributed by atoms with Crippen molar-refractivity contribution in [1.82, 2.24) is 10.2 Å². The zero-order chi connectivity index (χ0) is 13.5. The van der Waals surface area contributed by atoms with E-state index in [1.807, 2.05) is 0 Å². The summed E-state index contributed by atoms with van der Waals surface area (Å²) in [7, 11) is 2.30. The maximum Gasteiger partial charge on any atom is 0.122 e. The van der Waals surface area contributed by atoms with Crippen LogP contribution in [0.5, 0.6) is 5.75 Å². The molecule has 1 aromatic rings. The number of rotatable bonds is 3. The maximum atomic E-state index is 5.81. The fourth-order valence-corrected chi connectivity index (χ4v) is 4.26. The van der Waals surface area contributed by atoms with Crippen molar-refractivity contribution in [2.75, 3.05) is 20.2 Å². The molecule has 3 aliphatic heterocycles. The maximum absolute atomic E-state index is 5.81. The van der Waals surface area contributed by atoms with Gasteiger partial charge >= 0.3 is 0 Å². The van der Waals surface area contributed by atoms with Gasteiger partial charge in [0.25, 0.3) is 0 Å². The normalized spacial score (nSPS) is 35.1. The van der Waals surface area contributed by atoms with Gasteiger partial charge in [-0.3, -0.25) is 0 Å². The van der Waals surface area contributed by atoms with E-state index in [-0.39, 0.29) is 0 Å². The molecule has 3 heterocycles. The van der Waals surface area contributed by atoms with Gasteiger partial charge in [0.05, 0.1) is 6.61 Å². The van der Waals surface area contributed by atoms with Crippen LogP contribution in [0.25, 0.3) is 0 Å². The van der Waals surface area contributed by atoms with Crippen LogP contribution >= 0.6 is 0 Å². The average molecular weight is 272 g/mol. The van der Waals surface area contributed by atoms with Crippen molar-refractivity contribution in [2.45, 2.75) is 49.7 Å². The molecule has 2 fully saturated rings. The van der Waals surface area contributed by atoms with Gasteiger partial charge in [0.15, 0.2) is 0 Å². The average Bonchev–Trinajstić information content (AvgIpc) is 3.03. The Morgan fingerprint density at radius 3 is 2.75 bits per heavy atom. The predicted molar refractivity (Wildman–Crippen MR) is 80.3 cm³/mol. The second-order valence-electron chi connectivity index (χ2n) is 6.75. The molecule has 2 saturated heterocycles. The van der Waals surface area contributed by atoms with Gasteiger partial charge in [0, 0.05) is 36.2 Å². The standard InChI is InChI=1S/C17H24N2O/c1-19(15-8-13-6-7-14(9-15)18-13)10-12-11-20-17-5-3-2-4-16(12)17/h2-5,12-15,18H,6-11H2,1H3. The van der Waals surface area contributed by atoms with Crippen LogP contribution in [0.2, 0.25) is 0 Å². The molecule has 3 aliphatic rings. The van der Waals surface area contributed by atoms with Crippen LogP contribution in [0.15, 0.2) is 24.3 Å². The number of nitrogens with zero attached hydrogens (tertiary/aromatic N) is 1. The lowest BCUT2D eigenvalue weighted by atomic mass is 9.95. The molecule has 0 amide bonds. The molecular weight excluding hydrogens is 248 g/mol. The van der Waals surface area contributed by atoms with E-state index in [0.717, 1.165) is 37.0 Å². The first-order valence-corrected chi connectivity index (χ1v) is 7.97. The van der Waals surface area contributed by atoms with Crippen LogP contribution in [0, 0.1) is 0 Å². The number of hydrogen-bond acceptors (Lipinski definition) is 3. The quantitative estimate of drug-likeness (QED) is 0.914. The minimum Gasteiger partial charge on any atom is -0.493 e. The smallest absolute Gasteiger partial charge is 0.122 e. The lowest BCUT2D eigenvalue weighted by molar-refractivity contribution is 0.157. The van der Waals surface area contributed by atoms with E-state index in [2.05, 4.69) is 41.5 Å². The number of nitrogens with one attached hydrogen (secondary N) is 1. The van der Waals surface area contributed by atoms with E-state index >= 15 is 0 Å². The lowest BCUT2D eigenvalue weighted by Gasteiger charge is -2.36. The highest BCUT2D eigenvalue weighted by Crippen LogP contribution is 2.35. The number of fused-ring (bicyclic) bond motifs is 3. The summed E-state index contributed by atoms with van der Waals surface area (Å²) in [5.74, 6) is 1.64. The first-order valence-electron chi connectivity index (χ1n) is 7.97. The van der Waals surface area contributed by atoms with Crippen molar-refractivity contribution >= 4 is 0 Å². The summed E-state index contributed by atoms with van der Waals surface area (Å²) >= 11 is 0. The zero-order valence-electron chi connectivity index (χ0n) is 12.2. The minimum absolute atomic E-state index is 0.545. The molecule has 3 nitrogen and oxygen atoms in total. The fourth-order valence-electron chi connectivity index (χ4n) is 4.26. The molecule has 0 saturated carbocycles. The van der Waals surface area contributed by atoms with E-state index in [4.69, 9.17) is 4.74 Å². The first kappa shape index (κ1) is 12.7. The Hall–Kier alpha value is -1.06. The molecular formula is C17H24N2O. The zero-order valence-corrected chi connectivity index (χ0v) is 12.2. The molecule has 20 heavy (non-hydrogen) atoms. The number of para-hydroxylation sites is 1. The fraction of sp³-hybridized carbons (Fsp3) is 0.647. The summed E-state index contributed by atoms with van der Waals surface area (Å²) < 4.78 is 5.81. The van der Waals surface area contributed by atoms with Crippen molar-refractivity contribution in [3.8, 4) is 5.75 Å². The van der Waals surface area contributed by atoms with Gasteiger partial charge in [-0.2, -0.15) is 0 Å². The van der Waals surface area contributed by atoms with E-state index in [9.17, 15) is 0 Å².